The predicted octanol–water partition coefficient (Wildman–Crippen LogP) is 2.25. The molecule has 0 N–H and O–H groups in total. The highest BCUT2D eigenvalue weighted by atomic mass is 79.9. The summed E-state index contributed by atoms with van der Waals surface area (Å²) in [6.45, 7) is 6.43. The van der Waals surface area contributed by atoms with Crippen molar-refractivity contribution < 1.29 is 9.47 Å². The average molecular weight is 330 g/mol. The third-order valence-electron chi connectivity index (χ3n) is 2.85. The van der Waals surface area contributed by atoms with Crippen molar-refractivity contribution in [1.82, 2.24) is 9.97 Å². The minimum atomic E-state index is 0.174. The van der Waals surface area contributed by atoms with E-state index < -0.39 is 0 Å². The first kappa shape index (κ1) is 14.5. The van der Waals surface area contributed by atoms with Crippen LogP contribution in [-0.4, -0.2) is 47.2 Å². The molecule has 5 nitrogen and oxygen atoms in total. The first-order valence-electron chi connectivity index (χ1n) is 6.65. The summed E-state index contributed by atoms with van der Waals surface area (Å²) >= 11 is 3.47. The molecule has 2 atom stereocenters. The van der Waals surface area contributed by atoms with Gasteiger partial charge >= 0.3 is 0 Å². The van der Waals surface area contributed by atoms with Gasteiger partial charge in [-0.2, -0.15) is 4.98 Å². The molecule has 2 unspecified atom stereocenters. The second-order valence-electron chi connectivity index (χ2n) is 4.67. The molecule has 0 bridgehead atoms. The number of morpholine rings is 1. The van der Waals surface area contributed by atoms with Crippen molar-refractivity contribution in [2.75, 3.05) is 29.9 Å². The Hall–Kier alpha value is -0.880. The number of halogens is 1. The van der Waals surface area contributed by atoms with Gasteiger partial charge in [-0.15, -0.1) is 0 Å². The Morgan fingerprint density at radius 2 is 2.37 bits per heavy atom. The number of anilines is 1. The molecular weight excluding hydrogens is 310 g/mol. The number of nitrogens with zero attached hydrogens (tertiary/aromatic N) is 3. The zero-order valence-corrected chi connectivity index (χ0v) is 13.0. The second-order valence-corrected chi connectivity index (χ2v) is 5.32. The van der Waals surface area contributed by atoms with Crippen LogP contribution in [0.5, 0.6) is 5.88 Å². The molecule has 0 aliphatic carbocycles. The van der Waals surface area contributed by atoms with Gasteiger partial charge in [-0.25, -0.2) is 4.98 Å². The van der Waals surface area contributed by atoms with Gasteiger partial charge < -0.3 is 14.4 Å². The van der Waals surface area contributed by atoms with Gasteiger partial charge in [0.15, 0.2) is 0 Å². The fourth-order valence-corrected chi connectivity index (χ4v) is 2.42. The van der Waals surface area contributed by atoms with Gasteiger partial charge in [-0.3, -0.25) is 0 Å². The van der Waals surface area contributed by atoms with Crippen molar-refractivity contribution in [2.45, 2.75) is 32.5 Å². The molecule has 2 heterocycles. The number of aromatic nitrogens is 2. The predicted molar refractivity (Wildman–Crippen MR) is 78.2 cm³/mol. The summed E-state index contributed by atoms with van der Waals surface area (Å²) in [4.78, 5) is 10.9. The molecule has 1 aliphatic heterocycles. The van der Waals surface area contributed by atoms with Crippen LogP contribution in [-0.2, 0) is 4.74 Å². The Morgan fingerprint density at radius 3 is 3.11 bits per heavy atom. The maximum absolute atomic E-state index is 5.81. The molecule has 1 aromatic heterocycles. The minimum absolute atomic E-state index is 0.174. The van der Waals surface area contributed by atoms with E-state index in [9.17, 15) is 0 Å². The Bertz CT molecular complexity index is 405. The van der Waals surface area contributed by atoms with Crippen LogP contribution in [0, 0.1) is 0 Å². The van der Waals surface area contributed by atoms with Crippen LogP contribution >= 0.6 is 15.9 Å². The van der Waals surface area contributed by atoms with E-state index in [4.69, 9.17) is 9.47 Å². The maximum atomic E-state index is 5.81. The molecule has 0 spiro atoms. The van der Waals surface area contributed by atoms with E-state index in [0.717, 1.165) is 30.8 Å². The van der Waals surface area contributed by atoms with Crippen molar-refractivity contribution in [1.29, 1.82) is 0 Å². The van der Waals surface area contributed by atoms with Crippen LogP contribution in [0.3, 0.4) is 0 Å². The van der Waals surface area contributed by atoms with E-state index in [1.165, 1.54) is 0 Å². The standard InChI is InChI=1S/C13H20BrN3O2/c1-3-6-18-12-4-5-15-13(16-12)17-8-10(2)19-11(7-14)9-17/h4-5,10-11H,3,6-9H2,1-2H3. The fraction of sp³-hybridized carbons (Fsp3) is 0.692. The van der Waals surface area contributed by atoms with Gasteiger partial charge in [0.1, 0.15) is 0 Å². The van der Waals surface area contributed by atoms with E-state index in [2.05, 4.69) is 44.6 Å². The normalized spacial score (nSPS) is 23.4. The lowest BCUT2D eigenvalue weighted by molar-refractivity contribution is -0.00253. The summed E-state index contributed by atoms with van der Waals surface area (Å²) in [7, 11) is 0. The molecule has 1 aliphatic rings. The van der Waals surface area contributed by atoms with E-state index in [1.807, 2.05) is 0 Å². The monoisotopic (exact) mass is 329 g/mol. The third-order valence-corrected chi connectivity index (χ3v) is 3.57. The summed E-state index contributed by atoms with van der Waals surface area (Å²) in [5.74, 6) is 1.36. The number of alkyl halides is 1. The molecule has 1 saturated heterocycles. The van der Waals surface area contributed by atoms with Gasteiger partial charge in [0.05, 0.1) is 18.8 Å². The van der Waals surface area contributed by atoms with Crippen molar-refractivity contribution in [3.05, 3.63) is 12.3 Å². The molecule has 0 amide bonds. The summed E-state index contributed by atoms with van der Waals surface area (Å²) < 4.78 is 11.4. The summed E-state index contributed by atoms with van der Waals surface area (Å²) in [6, 6.07) is 1.80. The van der Waals surface area contributed by atoms with Gasteiger partial charge in [-0.1, -0.05) is 22.9 Å². The summed E-state index contributed by atoms with van der Waals surface area (Å²) in [6.07, 6.45) is 3.07. The highest BCUT2D eigenvalue weighted by molar-refractivity contribution is 9.09. The van der Waals surface area contributed by atoms with Crippen molar-refractivity contribution in [2.24, 2.45) is 0 Å². The Balaban J connectivity index is 2.07. The fourth-order valence-electron chi connectivity index (χ4n) is 2.07. The molecule has 2 rings (SSSR count). The Labute approximate surface area is 122 Å². The lowest BCUT2D eigenvalue weighted by atomic mass is 10.2. The molecule has 19 heavy (non-hydrogen) atoms. The lowest BCUT2D eigenvalue weighted by Gasteiger charge is -2.36. The number of ether oxygens (including phenoxy) is 2. The minimum Gasteiger partial charge on any atom is -0.478 e. The molecule has 1 fully saturated rings. The number of rotatable bonds is 5. The molecular formula is C13H20BrN3O2. The first-order chi connectivity index (χ1) is 9.22. The highest BCUT2D eigenvalue weighted by Gasteiger charge is 2.26. The quantitative estimate of drug-likeness (QED) is 0.775. The van der Waals surface area contributed by atoms with Gasteiger partial charge in [0.25, 0.3) is 0 Å². The second kappa shape index (κ2) is 7.05. The van der Waals surface area contributed by atoms with Crippen molar-refractivity contribution in [3.8, 4) is 5.88 Å². The molecule has 6 heteroatoms. The molecule has 106 valence electrons. The maximum Gasteiger partial charge on any atom is 0.228 e. The van der Waals surface area contributed by atoms with Crippen LogP contribution in [0.2, 0.25) is 0 Å². The smallest absolute Gasteiger partial charge is 0.228 e. The van der Waals surface area contributed by atoms with Crippen LogP contribution in [0.15, 0.2) is 12.3 Å². The average Bonchev–Trinajstić information content (AvgIpc) is 2.44. The Morgan fingerprint density at radius 1 is 1.53 bits per heavy atom. The SMILES string of the molecule is CCCOc1ccnc(N2CC(C)OC(CBr)C2)n1. The first-order valence-corrected chi connectivity index (χ1v) is 7.77. The molecule has 1 aromatic rings. The summed E-state index contributed by atoms with van der Waals surface area (Å²) in [5.41, 5.74) is 0. The topological polar surface area (TPSA) is 47.5 Å². The molecule has 0 saturated carbocycles. The van der Waals surface area contributed by atoms with Gasteiger partial charge in [-0.05, 0) is 13.3 Å². The van der Waals surface area contributed by atoms with Crippen LogP contribution in [0.25, 0.3) is 0 Å². The van der Waals surface area contributed by atoms with Crippen LogP contribution < -0.4 is 9.64 Å². The highest BCUT2D eigenvalue weighted by Crippen LogP contribution is 2.19. The van der Waals surface area contributed by atoms with Gasteiger partial charge in [0.2, 0.25) is 11.8 Å². The van der Waals surface area contributed by atoms with Crippen LogP contribution in [0.1, 0.15) is 20.3 Å². The molecule has 0 radical (unpaired) electrons. The van der Waals surface area contributed by atoms with Crippen molar-refractivity contribution in [3.63, 3.8) is 0 Å². The zero-order valence-electron chi connectivity index (χ0n) is 11.4. The van der Waals surface area contributed by atoms with E-state index >= 15 is 0 Å². The van der Waals surface area contributed by atoms with E-state index in [1.54, 1.807) is 12.3 Å². The Kier molecular flexibility index (Phi) is 5.39. The van der Waals surface area contributed by atoms with Crippen LogP contribution in [0.4, 0.5) is 5.95 Å². The summed E-state index contributed by atoms with van der Waals surface area (Å²) in [5, 5.41) is 0.819. The molecule has 0 aromatic carbocycles. The van der Waals surface area contributed by atoms with E-state index in [0.29, 0.717) is 12.5 Å². The van der Waals surface area contributed by atoms with E-state index in [-0.39, 0.29) is 12.2 Å². The van der Waals surface area contributed by atoms with Crippen molar-refractivity contribution >= 4 is 21.9 Å². The largest absolute Gasteiger partial charge is 0.478 e. The number of hydrogen-bond acceptors (Lipinski definition) is 5. The van der Waals surface area contributed by atoms with Gasteiger partial charge in [0, 0.05) is 30.7 Å². The number of hydrogen-bond donors (Lipinski definition) is 0. The lowest BCUT2D eigenvalue weighted by Crippen LogP contribution is -2.48. The zero-order chi connectivity index (χ0) is 13.7. The third kappa shape index (κ3) is 4.04.